The van der Waals surface area contributed by atoms with Gasteiger partial charge in [-0.3, -0.25) is 4.79 Å². The lowest BCUT2D eigenvalue weighted by atomic mass is 9.92. The molecule has 0 unspecified atom stereocenters. The van der Waals surface area contributed by atoms with E-state index in [2.05, 4.69) is 31.4 Å². The van der Waals surface area contributed by atoms with Gasteiger partial charge in [-0.25, -0.2) is 9.48 Å². The number of hydrogen-bond donors (Lipinski definition) is 2. The molecule has 0 spiro atoms. The first-order valence-electron chi connectivity index (χ1n) is 12.0. The largest absolute Gasteiger partial charge is 0.322 e. The van der Waals surface area contributed by atoms with E-state index in [0.717, 1.165) is 29.8 Å². The second kappa shape index (κ2) is 11.8. The number of hydrogen-bond acceptors (Lipinski definition) is 3. The SMILES string of the molecule is CCCCN(CC(=O)Nc1cc(C(C)(C)C)nn1-c1ccccc1C)C(=O)Nc1ccc(Cl)c(Cl)c1. The zero-order chi connectivity index (χ0) is 26.5. The Labute approximate surface area is 222 Å². The van der Waals surface area contributed by atoms with Gasteiger partial charge >= 0.3 is 6.03 Å². The van der Waals surface area contributed by atoms with E-state index in [9.17, 15) is 9.59 Å². The molecule has 0 saturated carbocycles. The highest BCUT2D eigenvalue weighted by atomic mass is 35.5. The van der Waals surface area contributed by atoms with Crippen molar-refractivity contribution in [2.75, 3.05) is 23.7 Å². The minimum atomic E-state index is -0.389. The maximum atomic E-state index is 13.2. The predicted molar refractivity (Wildman–Crippen MR) is 148 cm³/mol. The van der Waals surface area contributed by atoms with E-state index >= 15 is 0 Å². The summed E-state index contributed by atoms with van der Waals surface area (Å²) in [5, 5.41) is 11.3. The lowest BCUT2D eigenvalue weighted by Crippen LogP contribution is -2.41. The average molecular weight is 531 g/mol. The molecule has 0 fully saturated rings. The number of benzene rings is 2. The van der Waals surface area contributed by atoms with Crippen LogP contribution < -0.4 is 10.6 Å². The number of rotatable bonds is 8. The Bertz CT molecular complexity index is 1230. The van der Waals surface area contributed by atoms with Gasteiger partial charge in [-0.15, -0.1) is 0 Å². The highest BCUT2D eigenvalue weighted by molar-refractivity contribution is 6.42. The molecular weight excluding hydrogens is 497 g/mol. The number of aromatic nitrogens is 2. The number of nitrogens with zero attached hydrogens (tertiary/aromatic N) is 3. The summed E-state index contributed by atoms with van der Waals surface area (Å²) in [4.78, 5) is 27.7. The van der Waals surface area contributed by atoms with Gasteiger partial charge in [0.05, 0.1) is 21.4 Å². The number of nitrogens with one attached hydrogen (secondary N) is 2. The molecule has 9 heteroatoms. The van der Waals surface area contributed by atoms with E-state index in [1.165, 1.54) is 4.90 Å². The molecule has 192 valence electrons. The number of unbranched alkanes of at least 4 members (excludes halogenated alkanes) is 1. The molecule has 2 aromatic carbocycles. The van der Waals surface area contributed by atoms with Crippen molar-refractivity contribution in [3.8, 4) is 5.69 Å². The fraction of sp³-hybridized carbons (Fsp3) is 0.370. The average Bonchev–Trinajstić information content (AvgIpc) is 3.23. The minimum absolute atomic E-state index is 0.114. The zero-order valence-corrected chi connectivity index (χ0v) is 22.9. The Kier molecular flexibility index (Phi) is 9.03. The number of para-hydroxylation sites is 1. The number of carbonyl (C=O) groups is 2. The van der Waals surface area contributed by atoms with Crippen LogP contribution in [0.1, 0.15) is 51.8 Å². The number of urea groups is 1. The Morgan fingerprint density at radius 3 is 2.39 bits per heavy atom. The van der Waals surface area contributed by atoms with E-state index in [0.29, 0.717) is 28.1 Å². The van der Waals surface area contributed by atoms with Crippen LogP contribution >= 0.6 is 23.2 Å². The Hall–Kier alpha value is -3.03. The van der Waals surface area contributed by atoms with Crippen molar-refractivity contribution in [1.82, 2.24) is 14.7 Å². The summed E-state index contributed by atoms with van der Waals surface area (Å²) in [7, 11) is 0. The molecule has 1 aromatic heterocycles. The van der Waals surface area contributed by atoms with Gasteiger partial charge in [-0.05, 0) is 43.2 Å². The molecule has 0 aliphatic rings. The molecule has 0 bridgehead atoms. The molecular formula is C27H33Cl2N5O2. The normalized spacial score (nSPS) is 11.3. The summed E-state index contributed by atoms with van der Waals surface area (Å²) in [6, 6.07) is 14.2. The fourth-order valence-electron chi connectivity index (χ4n) is 3.55. The molecule has 7 nitrogen and oxygen atoms in total. The molecule has 1 heterocycles. The number of carbonyl (C=O) groups excluding carboxylic acids is 2. The summed E-state index contributed by atoms with van der Waals surface area (Å²) in [5.74, 6) is 0.241. The van der Waals surface area contributed by atoms with Crippen LogP contribution in [0, 0.1) is 6.92 Å². The van der Waals surface area contributed by atoms with Crippen molar-refractivity contribution in [2.45, 2.75) is 52.9 Å². The molecule has 0 saturated heterocycles. The highest BCUT2D eigenvalue weighted by Gasteiger charge is 2.23. The van der Waals surface area contributed by atoms with Gasteiger partial charge in [0.1, 0.15) is 12.4 Å². The lowest BCUT2D eigenvalue weighted by Gasteiger charge is -2.23. The fourth-order valence-corrected chi connectivity index (χ4v) is 3.85. The van der Waals surface area contributed by atoms with Gasteiger partial charge in [0.15, 0.2) is 0 Å². The van der Waals surface area contributed by atoms with Gasteiger partial charge in [0.25, 0.3) is 0 Å². The van der Waals surface area contributed by atoms with Gasteiger partial charge < -0.3 is 15.5 Å². The number of halogens is 2. The Morgan fingerprint density at radius 2 is 1.75 bits per heavy atom. The maximum absolute atomic E-state index is 13.2. The van der Waals surface area contributed by atoms with Gasteiger partial charge in [-0.2, -0.15) is 5.10 Å². The van der Waals surface area contributed by atoms with Crippen LogP contribution in [0.15, 0.2) is 48.5 Å². The zero-order valence-electron chi connectivity index (χ0n) is 21.4. The standard InChI is InChI=1S/C27H33Cl2N5O2/c1-6-7-14-33(26(36)30-19-12-13-20(28)21(29)15-19)17-25(35)31-24-16-23(27(3,4)5)32-34(24)22-11-9-8-10-18(22)2/h8-13,15-16H,6-7,14,17H2,1-5H3,(H,30,36)(H,31,35). The molecule has 36 heavy (non-hydrogen) atoms. The molecule has 2 N–H and O–H groups in total. The van der Waals surface area contributed by atoms with Crippen LogP contribution in [0.3, 0.4) is 0 Å². The number of amides is 3. The van der Waals surface area contributed by atoms with E-state index in [4.69, 9.17) is 28.3 Å². The quantitative estimate of drug-likeness (QED) is 0.327. The van der Waals surface area contributed by atoms with Gasteiger partial charge in [0.2, 0.25) is 5.91 Å². The van der Waals surface area contributed by atoms with Crippen molar-refractivity contribution in [1.29, 1.82) is 0 Å². The first-order valence-corrected chi connectivity index (χ1v) is 12.7. The first-order chi connectivity index (χ1) is 17.0. The van der Waals surface area contributed by atoms with Crippen molar-refractivity contribution >= 4 is 46.6 Å². The molecule has 0 aliphatic heterocycles. The molecule has 3 rings (SSSR count). The van der Waals surface area contributed by atoms with Crippen molar-refractivity contribution in [2.24, 2.45) is 0 Å². The highest BCUT2D eigenvalue weighted by Crippen LogP contribution is 2.28. The smallest absolute Gasteiger partial charge is 0.315 e. The van der Waals surface area contributed by atoms with Crippen LogP contribution in [-0.4, -0.2) is 39.7 Å². The van der Waals surface area contributed by atoms with E-state index in [1.807, 2.05) is 44.2 Å². The van der Waals surface area contributed by atoms with Gasteiger partial charge in [0, 0.05) is 23.7 Å². The van der Waals surface area contributed by atoms with Crippen LogP contribution in [0.2, 0.25) is 10.0 Å². The second-order valence-corrected chi connectivity index (χ2v) is 10.6. The molecule has 0 aliphatic carbocycles. The van der Waals surface area contributed by atoms with E-state index in [-0.39, 0.29) is 23.9 Å². The summed E-state index contributed by atoms with van der Waals surface area (Å²) in [5.41, 5.74) is 3.05. The maximum Gasteiger partial charge on any atom is 0.322 e. The predicted octanol–water partition coefficient (Wildman–Crippen LogP) is 7.06. The van der Waals surface area contributed by atoms with Crippen LogP contribution in [0.25, 0.3) is 5.69 Å². The summed E-state index contributed by atoms with van der Waals surface area (Å²) >= 11 is 12.1. The third kappa shape index (κ3) is 7.02. The summed E-state index contributed by atoms with van der Waals surface area (Å²) < 4.78 is 1.75. The van der Waals surface area contributed by atoms with Crippen LogP contribution in [0.5, 0.6) is 0 Å². The summed E-state index contributed by atoms with van der Waals surface area (Å²) in [6.07, 6.45) is 1.64. The Balaban J connectivity index is 1.82. The van der Waals surface area contributed by atoms with E-state index < -0.39 is 0 Å². The lowest BCUT2D eigenvalue weighted by molar-refractivity contribution is -0.116. The Morgan fingerprint density at radius 1 is 1.03 bits per heavy atom. The molecule has 0 atom stereocenters. The number of aryl methyl sites for hydroxylation is 1. The second-order valence-electron chi connectivity index (χ2n) is 9.75. The molecule has 0 radical (unpaired) electrons. The third-order valence-corrected chi connectivity index (χ3v) is 6.40. The van der Waals surface area contributed by atoms with E-state index in [1.54, 1.807) is 22.9 Å². The van der Waals surface area contributed by atoms with Crippen molar-refractivity contribution < 1.29 is 9.59 Å². The number of anilines is 2. The van der Waals surface area contributed by atoms with Crippen molar-refractivity contribution in [3.63, 3.8) is 0 Å². The summed E-state index contributed by atoms with van der Waals surface area (Å²) in [6.45, 7) is 10.6. The van der Waals surface area contributed by atoms with Crippen molar-refractivity contribution in [3.05, 3.63) is 69.8 Å². The monoisotopic (exact) mass is 529 g/mol. The van der Waals surface area contributed by atoms with Crippen LogP contribution in [0.4, 0.5) is 16.3 Å². The van der Waals surface area contributed by atoms with Gasteiger partial charge in [-0.1, -0.05) is 75.5 Å². The topological polar surface area (TPSA) is 79.3 Å². The first kappa shape index (κ1) is 27.6. The minimum Gasteiger partial charge on any atom is -0.315 e. The molecule has 3 amide bonds. The molecule has 3 aromatic rings. The van der Waals surface area contributed by atoms with Crippen LogP contribution in [-0.2, 0) is 10.2 Å². The third-order valence-electron chi connectivity index (χ3n) is 5.66.